The van der Waals surface area contributed by atoms with E-state index in [4.69, 9.17) is 14.2 Å². The standard InChI is InChI=1S/C71H135NO10/c1-3-5-7-9-11-13-15-34-38-41-45-49-53-57-64(74)63(62-81-71-70(79)69(78)68(77)65(61-73)82-71)72-66(75)58-54-50-46-42-39-35-32-30-28-26-24-22-20-18-16-17-19-21-23-25-27-29-31-33-36-40-44-48-52-56-60-80-67(76)59-55-51-47-43-37-14-12-10-8-6-4-2/h38,41,53,57,63-65,68-71,73-74,77-79H,3-37,39-40,42-52,54-56,58-62H2,1-2H3,(H,72,75)/b41-38+,57-53+. The summed E-state index contributed by atoms with van der Waals surface area (Å²) in [6, 6.07) is -0.824. The van der Waals surface area contributed by atoms with Crippen LogP contribution < -0.4 is 5.32 Å². The molecule has 7 atom stereocenters. The number of ether oxygens (including phenoxy) is 3. The summed E-state index contributed by atoms with van der Waals surface area (Å²) in [6.45, 7) is 4.36. The highest BCUT2D eigenvalue weighted by atomic mass is 16.7. The van der Waals surface area contributed by atoms with Gasteiger partial charge >= 0.3 is 5.97 Å². The predicted molar refractivity (Wildman–Crippen MR) is 343 cm³/mol. The van der Waals surface area contributed by atoms with E-state index < -0.39 is 49.5 Å². The molecule has 0 aromatic heterocycles. The lowest BCUT2D eigenvalue weighted by Gasteiger charge is -2.40. The molecule has 1 amide bonds. The summed E-state index contributed by atoms with van der Waals surface area (Å²) in [5.74, 6) is -0.174. The average Bonchev–Trinajstić information content (AvgIpc) is 3.69. The Morgan fingerprint density at radius 2 is 0.793 bits per heavy atom. The van der Waals surface area contributed by atoms with Gasteiger partial charge in [-0.05, 0) is 44.9 Å². The van der Waals surface area contributed by atoms with E-state index in [0.717, 1.165) is 51.4 Å². The van der Waals surface area contributed by atoms with E-state index in [1.165, 1.54) is 276 Å². The maximum absolute atomic E-state index is 13.1. The minimum atomic E-state index is -1.57. The van der Waals surface area contributed by atoms with Crippen LogP contribution in [0.4, 0.5) is 0 Å². The number of rotatable bonds is 63. The van der Waals surface area contributed by atoms with Crippen molar-refractivity contribution in [2.24, 2.45) is 0 Å². The molecule has 0 saturated carbocycles. The first-order chi connectivity index (χ1) is 40.2. The monoisotopic (exact) mass is 1160 g/mol. The molecule has 0 aromatic rings. The van der Waals surface area contributed by atoms with Crippen molar-refractivity contribution in [3.8, 4) is 0 Å². The first kappa shape index (κ1) is 78.2. The highest BCUT2D eigenvalue weighted by Crippen LogP contribution is 2.23. The quantitative estimate of drug-likeness (QED) is 0.0195. The van der Waals surface area contributed by atoms with Gasteiger partial charge in [0.2, 0.25) is 5.91 Å². The van der Waals surface area contributed by atoms with E-state index in [1.54, 1.807) is 6.08 Å². The van der Waals surface area contributed by atoms with Gasteiger partial charge in [0.1, 0.15) is 24.4 Å². The third-order valence-corrected chi connectivity index (χ3v) is 17.1. The smallest absolute Gasteiger partial charge is 0.305 e. The van der Waals surface area contributed by atoms with E-state index in [2.05, 4.69) is 31.3 Å². The van der Waals surface area contributed by atoms with Crippen molar-refractivity contribution in [3.63, 3.8) is 0 Å². The molecule has 11 heteroatoms. The number of unbranched alkanes of at least 4 members (excludes halogenated alkanes) is 47. The number of carbonyl (C=O) groups excluding carboxylic acids is 2. The minimum Gasteiger partial charge on any atom is -0.466 e. The van der Waals surface area contributed by atoms with Crippen LogP contribution in [0.1, 0.15) is 354 Å². The van der Waals surface area contributed by atoms with E-state index >= 15 is 0 Å². The summed E-state index contributed by atoms with van der Waals surface area (Å²) in [4.78, 5) is 25.1. The van der Waals surface area contributed by atoms with Gasteiger partial charge in [0.15, 0.2) is 6.29 Å². The van der Waals surface area contributed by atoms with Crippen LogP contribution in [0.25, 0.3) is 0 Å². The van der Waals surface area contributed by atoms with Gasteiger partial charge in [-0.15, -0.1) is 0 Å². The first-order valence-corrected chi connectivity index (χ1v) is 35.6. The van der Waals surface area contributed by atoms with Crippen LogP contribution >= 0.6 is 0 Å². The van der Waals surface area contributed by atoms with Gasteiger partial charge in [-0.3, -0.25) is 9.59 Å². The van der Waals surface area contributed by atoms with Crippen LogP contribution in [0.5, 0.6) is 0 Å². The molecule has 1 heterocycles. The molecule has 0 aliphatic carbocycles. The molecular formula is C71H135NO10. The Balaban J connectivity index is 1.96. The molecule has 82 heavy (non-hydrogen) atoms. The Hall–Kier alpha value is -1.86. The molecule has 0 aromatic carbocycles. The Labute approximate surface area is 505 Å². The third-order valence-electron chi connectivity index (χ3n) is 17.1. The van der Waals surface area contributed by atoms with Crippen molar-refractivity contribution in [2.75, 3.05) is 19.8 Å². The van der Waals surface area contributed by atoms with Crippen molar-refractivity contribution in [1.82, 2.24) is 5.32 Å². The third kappa shape index (κ3) is 49.3. The number of aliphatic hydroxyl groups excluding tert-OH is 5. The fourth-order valence-electron chi connectivity index (χ4n) is 11.5. The summed E-state index contributed by atoms with van der Waals surface area (Å²) in [5.41, 5.74) is 0. The zero-order valence-electron chi connectivity index (χ0n) is 53.7. The van der Waals surface area contributed by atoms with Gasteiger partial charge in [-0.2, -0.15) is 0 Å². The lowest BCUT2D eigenvalue weighted by atomic mass is 9.99. The molecule has 0 bridgehead atoms. The Morgan fingerprint density at radius 3 is 1.21 bits per heavy atom. The lowest BCUT2D eigenvalue weighted by Crippen LogP contribution is -2.60. The number of nitrogens with one attached hydrogen (secondary N) is 1. The molecule has 1 fully saturated rings. The number of carbonyl (C=O) groups is 2. The zero-order valence-corrected chi connectivity index (χ0v) is 53.7. The summed E-state index contributed by atoms with van der Waals surface area (Å²) < 4.78 is 16.7. The van der Waals surface area contributed by atoms with Crippen LogP contribution in [0.2, 0.25) is 0 Å². The zero-order chi connectivity index (χ0) is 59.5. The molecule has 484 valence electrons. The van der Waals surface area contributed by atoms with E-state index in [1.807, 2.05) is 6.08 Å². The van der Waals surface area contributed by atoms with Gasteiger partial charge < -0.3 is 45.1 Å². The fraction of sp³-hybridized carbons (Fsp3) is 0.915. The van der Waals surface area contributed by atoms with Gasteiger partial charge in [-0.1, -0.05) is 321 Å². The van der Waals surface area contributed by atoms with E-state index in [9.17, 15) is 35.1 Å². The lowest BCUT2D eigenvalue weighted by molar-refractivity contribution is -0.302. The molecule has 1 aliphatic rings. The Kier molecular flexibility index (Phi) is 58.0. The van der Waals surface area contributed by atoms with Gasteiger partial charge in [0.05, 0.1) is 32.0 Å². The highest BCUT2D eigenvalue weighted by molar-refractivity contribution is 5.76. The Morgan fingerprint density at radius 1 is 0.439 bits per heavy atom. The molecule has 11 nitrogen and oxygen atoms in total. The maximum Gasteiger partial charge on any atom is 0.305 e. The van der Waals surface area contributed by atoms with Crippen molar-refractivity contribution in [2.45, 2.75) is 397 Å². The van der Waals surface area contributed by atoms with Crippen LogP contribution in [-0.2, 0) is 23.8 Å². The van der Waals surface area contributed by atoms with E-state index in [0.29, 0.717) is 19.4 Å². The van der Waals surface area contributed by atoms with E-state index in [-0.39, 0.29) is 18.5 Å². The average molecular weight is 1160 g/mol. The van der Waals surface area contributed by atoms with Crippen LogP contribution in [0.3, 0.4) is 0 Å². The van der Waals surface area contributed by atoms with Gasteiger partial charge in [0, 0.05) is 12.8 Å². The van der Waals surface area contributed by atoms with Crippen molar-refractivity contribution in [1.29, 1.82) is 0 Å². The first-order valence-electron chi connectivity index (χ1n) is 35.6. The van der Waals surface area contributed by atoms with Gasteiger partial charge in [0.25, 0.3) is 0 Å². The fourth-order valence-corrected chi connectivity index (χ4v) is 11.5. The molecule has 1 saturated heterocycles. The minimum absolute atomic E-state index is 0.0118. The van der Waals surface area contributed by atoms with Crippen LogP contribution in [0.15, 0.2) is 24.3 Å². The number of esters is 1. The number of aliphatic hydroxyl groups is 5. The van der Waals surface area contributed by atoms with Crippen molar-refractivity contribution < 1.29 is 49.3 Å². The van der Waals surface area contributed by atoms with Crippen LogP contribution in [0, 0.1) is 0 Å². The van der Waals surface area contributed by atoms with Crippen molar-refractivity contribution in [3.05, 3.63) is 24.3 Å². The molecule has 0 spiro atoms. The molecular weight excluding hydrogens is 1030 g/mol. The second-order valence-corrected chi connectivity index (χ2v) is 24.9. The molecule has 7 unspecified atom stereocenters. The normalized spacial score (nSPS) is 18.3. The van der Waals surface area contributed by atoms with Crippen LogP contribution in [-0.4, -0.2) is 100 Å². The maximum atomic E-state index is 13.1. The summed E-state index contributed by atoms with van der Waals surface area (Å²) in [7, 11) is 0. The number of amides is 1. The largest absolute Gasteiger partial charge is 0.466 e. The van der Waals surface area contributed by atoms with Crippen molar-refractivity contribution >= 4 is 11.9 Å². The second-order valence-electron chi connectivity index (χ2n) is 24.9. The number of allylic oxidation sites excluding steroid dienone is 3. The molecule has 0 radical (unpaired) electrons. The predicted octanol–water partition coefficient (Wildman–Crippen LogP) is 18.0. The summed E-state index contributed by atoms with van der Waals surface area (Å²) in [5, 5.41) is 54.5. The number of hydrogen-bond donors (Lipinski definition) is 6. The molecule has 1 aliphatic heterocycles. The summed E-state index contributed by atoms with van der Waals surface area (Å²) in [6.07, 6.45) is 66.0. The highest BCUT2D eigenvalue weighted by Gasteiger charge is 2.44. The summed E-state index contributed by atoms with van der Waals surface area (Å²) >= 11 is 0. The molecule has 6 N–H and O–H groups in total. The Bertz CT molecular complexity index is 1410. The SMILES string of the molecule is CCCCCCCCC/C=C/CC/C=C/C(O)C(COC1OC(CO)C(O)C(O)C1O)NC(=O)CCCCCCCCCCCCCCCCCCCCCCCCCCCCCCCCOC(=O)CCCCCCCCCCCCC. The van der Waals surface area contributed by atoms with Gasteiger partial charge in [-0.25, -0.2) is 0 Å². The topological polar surface area (TPSA) is 175 Å². The molecule has 1 rings (SSSR count). The number of hydrogen-bond acceptors (Lipinski definition) is 10. The second kappa shape index (κ2) is 60.8.